The Morgan fingerprint density at radius 2 is 1.85 bits per heavy atom. The number of pyridine rings is 2. The van der Waals surface area contributed by atoms with Gasteiger partial charge in [-0.05, 0) is 48.4 Å². The highest BCUT2D eigenvalue weighted by atomic mass is 19.4. The maximum Gasteiger partial charge on any atom is 0.417 e. The maximum absolute atomic E-state index is 13.6. The number of carbonyl (C=O) groups excluding carboxylic acids is 1. The second kappa shape index (κ2) is 8.17. The van der Waals surface area contributed by atoms with Crippen LogP contribution in [0.4, 0.5) is 19.0 Å². The second-order valence-corrected chi connectivity index (χ2v) is 8.87. The third-order valence-electron chi connectivity index (χ3n) is 6.54. The van der Waals surface area contributed by atoms with Crippen LogP contribution in [0.25, 0.3) is 11.1 Å². The molecule has 2 fully saturated rings. The van der Waals surface area contributed by atoms with E-state index >= 15 is 0 Å². The van der Waals surface area contributed by atoms with Crippen LogP contribution in [0.2, 0.25) is 0 Å². The number of hydrogen-bond donors (Lipinski definition) is 1. The SMILES string of the molecule is O=C(c1ncccc1-c1ccccc1)N1CC2(CC2)CC1CNc1ccc(C(F)(F)F)cn1. The van der Waals surface area contributed by atoms with Gasteiger partial charge < -0.3 is 10.2 Å². The molecular formula is C25H23F3N4O. The zero-order chi connectivity index (χ0) is 23.1. The number of hydrogen-bond acceptors (Lipinski definition) is 4. The average Bonchev–Trinajstić information content (AvgIpc) is 3.48. The van der Waals surface area contributed by atoms with Crippen LogP contribution in [-0.4, -0.2) is 39.9 Å². The van der Waals surface area contributed by atoms with Crippen molar-refractivity contribution in [2.75, 3.05) is 18.4 Å². The van der Waals surface area contributed by atoms with Crippen molar-refractivity contribution < 1.29 is 18.0 Å². The predicted molar refractivity (Wildman–Crippen MR) is 119 cm³/mol. The lowest BCUT2D eigenvalue weighted by Gasteiger charge is -2.25. The van der Waals surface area contributed by atoms with Crippen molar-refractivity contribution in [1.29, 1.82) is 0 Å². The summed E-state index contributed by atoms with van der Waals surface area (Å²) in [6.07, 6.45) is 1.06. The molecule has 1 saturated carbocycles. The second-order valence-electron chi connectivity index (χ2n) is 8.87. The van der Waals surface area contributed by atoms with Crippen LogP contribution in [0.3, 0.4) is 0 Å². The van der Waals surface area contributed by atoms with Crippen molar-refractivity contribution in [2.24, 2.45) is 5.41 Å². The predicted octanol–water partition coefficient (Wildman–Crippen LogP) is 5.27. The molecule has 1 unspecified atom stereocenters. The van der Waals surface area contributed by atoms with Crippen LogP contribution in [0.5, 0.6) is 0 Å². The van der Waals surface area contributed by atoms with Crippen LogP contribution < -0.4 is 5.32 Å². The number of nitrogens with one attached hydrogen (secondary N) is 1. The highest BCUT2D eigenvalue weighted by Gasteiger charge is 2.53. The number of benzene rings is 1. The minimum Gasteiger partial charge on any atom is -0.368 e. The van der Waals surface area contributed by atoms with Gasteiger partial charge in [-0.2, -0.15) is 13.2 Å². The third-order valence-corrected chi connectivity index (χ3v) is 6.54. The fraction of sp³-hybridized carbons (Fsp3) is 0.320. The number of halogens is 3. The van der Waals surface area contributed by atoms with E-state index in [1.54, 1.807) is 6.20 Å². The lowest BCUT2D eigenvalue weighted by atomic mass is 10.0. The summed E-state index contributed by atoms with van der Waals surface area (Å²) in [6.45, 7) is 1.09. The van der Waals surface area contributed by atoms with E-state index in [2.05, 4.69) is 15.3 Å². The largest absolute Gasteiger partial charge is 0.417 e. The van der Waals surface area contributed by atoms with Crippen molar-refractivity contribution in [3.63, 3.8) is 0 Å². The van der Waals surface area contributed by atoms with E-state index in [-0.39, 0.29) is 17.4 Å². The minimum atomic E-state index is -4.42. The molecule has 5 rings (SSSR count). The van der Waals surface area contributed by atoms with Gasteiger partial charge in [-0.1, -0.05) is 36.4 Å². The molecular weight excluding hydrogens is 429 g/mol. The van der Waals surface area contributed by atoms with Crippen molar-refractivity contribution in [2.45, 2.75) is 31.5 Å². The quantitative estimate of drug-likeness (QED) is 0.573. The minimum absolute atomic E-state index is 0.0882. The number of rotatable bonds is 5. The molecule has 1 N–H and O–H groups in total. The number of carbonyl (C=O) groups is 1. The zero-order valence-electron chi connectivity index (χ0n) is 17.8. The number of likely N-dealkylation sites (tertiary alicyclic amines) is 1. The van der Waals surface area contributed by atoms with Gasteiger partial charge in [0.05, 0.1) is 5.56 Å². The first-order valence-corrected chi connectivity index (χ1v) is 10.9. The summed E-state index contributed by atoms with van der Waals surface area (Å²) < 4.78 is 38.4. The molecule has 2 aliphatic rings. The number of amides is 1. The molecule has 1 spiro atoms. The monoisotopic (exact) mass is 452 g/mol. The molecule has 1 atom stereocenters. The smallest absolute Gasteiger partial charge is 0.368 e. The molecule has 8 heteroatoms. The Balaban J connectivity index is 1.35. The summed E-state index contributed by atoms with van der Waals surface area (Å²) in [6, 6.07) is 15.7. The Bertz CT molecular complexity index is 1140. The van der Waals surface area contributed by atoms with E-state index in [1.165, 1.54) is 6.07 Å². The Morgan fingerprint density at radius 3 is 2.52 bits per heavy atom. The highest BCUT2D eigenvalue weighted by Crippen LogP contribution is 2.55. The van der Waals surface area contributed by atoms with Gasteiger partial charge in [-0.3, -0.25) is 9.78 Å². The van der Waals surface area contributed by atoms with E-state index in [0.29, 0.717) is 24.6 Å². The molecule has 0 radical (unpaired) electrons. The van der Waals surface area contributed by atoms with Gasteiger partial charge >= 0.3 is 6.18 Å². The van der Waals surface area contributed by atoms with Crippen LogP contribution in [0, 0.1) is 5.41 Å². The average molecular weight is 452 g/mol. The van der Waals surface area contributed by atoms with E-state index in [0.717, 1.165) is 42.7 Å². The summed E-state index contributed by atoms with van der Waals surface area (Å²) in [5.41, 5.74) is 1.50. The fourth-order valence-corrected chi connectivity index (χ4v) is 4.57. The van der Waals surface area contributed by atoms with E-state index in [4.69, 9.17) is 0 Å². The van der Waals surface area contributed by atoms with Gasteiger partial charge in [0.25, 0.3) is 5.91 Å². The van der Waals surface area contributed by atoms with Crippen molar-refractivity contribution in [1.82, 2.24) is 14.9 Å². The summed E-state index contributed by atoms with van der Waals surface area (Å²) in [5, 5.41) is 3.12. The van der Waals surface area contributed by atoms with Crippen LogP contribution in [0.1, 0.15) is 35.3 Å². The molecule has 3 heterocycles. The lowest BCUT2D eigenvalue weighted by Crippen LogP contribution is -2.40. The molecule has 1 aromatic carbocycles. The first-order valence-electron chi connectivity index (χ1n) is 10.9. The number of alkyl halides is 3. The standard InChI is InChI=1S/C25H23F3N4O/c26-25(27,28)18-8-9-21(30-14-18)31-15-19-13-24(10-11-24)16-32(19)23(33)22-20(7-4-12-29-22)17-5-2-1-3-6-17/h1-9,12,14,19H,10-11,13,15-16H2,(H,30,31). The summed E-state index contributed by atoms with van der Waals surface area (Å²) in [4.78, 5) is 23.8. The van der Waals surface area contributed by atoms with E-state index in [1.807, 2.05) is 47.4 Å². The third kappa shape index (κ3) is 4.42. The van der Waals surface area contributed by atoms with Crippen molar-refractivity contribution in [3.05, 3.63) is 78.2 Å². The van der Waals surface area contributed by atoms with Gasteiger partial charge in [0.15, 0.2) is 0 Å². The zero-order valence-corrected chi connectivity index (χ0v) is 17.8. The Kier molecular flexibility index (Phi) is 5.31. The first-order chi connectivity index (χ1) is 15.8. The number of anilines is 1. The van der Waals surface area contributed by atoms with Gasteiger partial charge in [0.1, 0.15) is 11.5 Å². The molecule has 0 bridgehead atoms. The molecule has 3 aromatic rings. The van der Waals surface area contributed by atoms with Crippen LogP contribution in [-0.2, 0) is 6.18 Å². The Morgan fingerprint density at radius 1 is 1.06 bits per heavy atom. The van der Waals surface area contributed by atoms with Crippen molar-refractivity contribution in [3.8, 4) is 11.1 Å². The normalized spacial score (nSPS) is 19.0. The molecule has 170 valence electrons. The molecule has 2 aromatic heterocycles. The highest BCUT2D eigenvalue weighted by molar-refractivity contribution is 5.99. The van der Waals surface area contributed by atoms with Crippen molar-refractivity contribution >= 4 is 11.7 Å². The van der Waals surface area contributed by atoms with E-state index in [9.17, 15) is 18.0 Å². The summed E-state index contributed by atoms with van der Waals surface area (Å²) in [7, 11) is 0. The number of nitrogens with zero attached hydrogens (tertiary/aromatic N) is 3. The molecule has 1 aliphatic heterocycles. The summed E-state index contributed by atoms with van der Waals surface area (Å²) >= 11 is 0. The van der Waals surface area contributed by atoms with E-state index < -0.39 is 11.7 Å². The summed E-state index contributed by atoms with van der Waals surface area (Å²) in [5.74, 6) is 0.236. The fourth-order valence-electron chi connectivity index (χ4n) is 4.57. The Labute approximate surface area is 189 Å². The number of aromatic nitrogens is 2. The first kappa shape index (κ1) is 21.4. The van der Waals surface area contributed by atoms with Crippen LogP contribution >= 0.6 is 0 Å². The van der Waals surface area contributed by atoms with Gasteiger partial charge in [-0.15, -0.1) is 0 Å². The van der Waals surface area contributed by atoms with Gasteiger partial charge in [0.2, 0.25) is 0 Å². The molecule has 1 aliphatic carbocycles. The molecule has 33 heavy (non-hydrogen) atoms. The van der Waals surface area contributed by atoms with Gasteiger partial charge in [0, 0.05) is 37.1 Å². The molecule has 5 nitrogen and oxygen atoms in total. The maximum atomic E-state index is 13.6. The molecule has 1 saturated heterocycles. The van der Waals surface area contributed by atoms with Gasteiger partial charge in [-0.25, -0.2) is 4.98 Å². The lowest BCUT2D eigenvalue weighted by molar-refractivity contribution is -0.137. The Hall–Kier alpha value is -3.42. The topological polar surface area (TPSA) is 58.1 Å². The molecule has 1 amide bonds. The van der Waals surface area contributed by atoms with Crippen LogP contribution in [0.15, 0.2) is 67.0 Å².